The number of fused-ring (bicyclic) bond motifs is 1. The molecule has 0 bridgehead atoms. The molecule has 172 valence electrons. The van der Waals surface area contributed by atoms with Gasteiger partial charge in [-0.2, -0.15) is 0 Å². The van der Waals surface area contributed by atoms with Gasteiger partial charge in [0.05, 0.1) is 17.1 Å². The summed E-state index contributed by atoms with van der Waals surface area (Å²) in [5.41, 5.74) is 2.24. The number of piperidine rings is 2. The third kappa shape index (κ3) is 4.09. The van der Waals surface area contributed by atoms with E-state index in [0.29, 0.717) is 19.4 Å². The number of ether oxygens (including phenoxy) is 2. The SMILES string of the molecule is CC(C)S(=O)(=O)C1CCN(c2ccc3c(c2)COC2(CCN(C4CCC4)CC2)O3)CC1. The normalized spacial score (nSPS) is 25.3. The number of rotatable bonds is 4. The number of hydrogen-bond acceptors (Lipinski definition) is 6. The van der Waals surface area contributed by atoms with E-state index in [0.717, 1.165) is 62.1 Å². The predicted octanol–water partition coefficient (Wildman–Crippen LogP) is 3.73. The molecule has 0 aromatic heterocycles. The maximum Gasteiger partial charge on any atom is 0.213 e. The fourth-order valence-corrected chi connectivity index (χ4v) is 7.11. The molecule has 1 spiro atoms. The van der Waals surface area contributed by atoms with Crippen molar-refractivity contribution in [2.75, 3.05) is 31.1 Å². The first-order valence-electron chi connectivity index (χ1n) is 12.0. The summed E-state index contributed by atoms with van der Waals surface area (Å²) in [4.78, 5) is 4.91. The van der Waals surface area contributed by atoms with Crippen molar-refractivity contribution in [3.63, 3.8) is 0 Å². The number of hydrogen-bond donors (Lipinski definition) is 0. The summed E-state index contributed by atoms with van der Waals surface area (Å²) < 4.78 is 37.7. The van der Waals surface area contributed by atoms with Gasteiger partial charge in [-0.3, -0.25) is 4.90 Å². The number of sulfone groups is 1. The van der Waals surface area contributed by atoms with Crippen LogP contribution in [0.15, 0.2) is 18.2 Å². The van der Waals surface area contributed by atoms with E-state index in [1.807, 2.05) is 0 Å². The minimum atomic E-state index is -3.01. The van der Waals surface area contributed by atoms with Crippen LogP contribution in [0.2, 0.25) is 0 Å². The van der Waals surface area contributed by atoms with Crippen molar-refractivity contribution in [2.45, 2.75) is 87.7 Å². The molecule has 5 rings (SSSR count). The molecule has 0 atom stereocenters. The van der Waals surface area contributed by atoms with E-state index in [9.17, 15) is 8.42 Å². The quantitative estimate of drug-likeness (QED) is 0.700. The van der Waals surface area contributed by atoms with Crippen molar-refractivity contribution < 1.29 is 17.9 Å². The summed E-state index contributed by atoms with van der Waals surface area (Å²) in [6.45, 7) is 7.84. The number of benzene rings is 1. The topological polar surface area (TPSA) is 59.1 Å². The first-order valence-corrected chi connectivity index (χ1v) is 13.6. The molecule has 1 saturated carbocycles. The molecule has 4 aliphatic rings. The van der Waals surface area contributed by atoms with Crippen LogP contribution in [0.1, 0.15) is 64.4 Å². The Morgan fingerprint density at radius 3 is 2.35 bits per heavy atom. The molecule has 6 nitrogen and oxygen atoms in total. The lowest BCUT2D eigenvalue weighted by Crippen LogP contribution is -2.54. The molecule has 1 aromatic carbocycles. The summed E-state index contributed by atoms with van der Waals surface area (Å²) in [7, 11) is -3.01. The third-order valence-corrected chi connectivity index (χ3v) is 10.6. The molecular formula is C24H36N2O4S. The van der Waals surface area contributed by atoms with Crippen LogP contribution in [0.4, 0.5) is 5.69 Å². The molecule has 3 fully saturated rings. The minimum absolute atomic E-state index is 0.210. The summed E-state index contributed by atoms with van der Waals surface area (Å²) in [6, 6.07) is 7.17. The first kappa shape index (κ1) is 21.5. The molecule has 1 aliphatic carbocycles. The van der Waals surface area contributed by atoms with Crippen molar-refractivity contribution in [3.8, 4) is 5.75 Å². The van der Waals surface area contributed by atoms with E-state index in [4.69, 9.17) is 9.47 Å². The van der Waals surface area contributed by atoms with Gasteiger partial charge in [-0.05, 0) is 57.7 Å². The molecule has 0 unspecified atom stereocenters. The lowest BCUT2D eigenvalue weighted by Gasteiger charge is -2.47. The Kier molecular flexibility index (Phi) is 5.72. The predicted molar refractivity (Wildman–Crippen MR) is 122 cm³/mol. The number of anilines is 1. The summed E-state index contributed by atoms with van der Waals surface area (Å²) in [5.74, 6) is 0.488. The van der Waals surface area contributed by atoms with Crippen LogP contribution >= 0.6 is 0 Å². The van der Waals surface area contributed by atoms with Gasteiger partial charge < -0.3 is 14.4 Å². The van der Waals surface area contributed by atoms with Crippen LogP contribution in [-0.2, 0) is 21.2 Å². The van der Waals surface area contributed by atoms with Crippen LogP contribution in [0.25, 0.3) is 0 Å². The van der Waals surface area contributed by atoms with E-state index in [2.05, 4.69) is 28.0 Å². The summed E-state index contributed by atoms with van der Waals surface area (Å²) in [6.07, 6.45) is 7.34. The number of likely N-dealkylation sites (tertiary alicyclic amines) is 1. The van der Waals surface area contributed by atoms with Gasteiger partial charge in [0.1, 0.15) is 5.75 Å². The summed E-state index contributed by atoms with van der Waals surface area (Å²) >= 11 is 0. The average molecular weight is 449 g/mol. The van der Waals surface area contributed by atoms with Crippen molar-refractivity contribution in [3.05, 3.63) is 23.8 Å². The van der Waals surface area contributed by atoms with Gasteiger partial charge in [0.25, 0.3) is 0 Å². The zero-order chi connectivity index (χ0) is 21.6. The van der Waals surface area contributed by atoms with Gasteiger partial charge in [-0.1, -0.05) is 6.42 Å². The molecule has 2 saturated heterocycles. The Morgan fingerprint density at radius 2 is 1.74 bits per heavy atom. The van der Waals surface area contributed by atoms with Gasteiger partial charge in [-0.15, -0.1) is 0 Å². The van der Waals surface area contributed by atoms with Crippen molar-refractivity contribution in [2.24, 2.45) is 0 Å². The lowest BCUT2D eigenvalue weighted by atomic mass is 9.89. The van der Waals surface area contributed by atoms with E-state index >= 15 is 0 Å². The fraction of sp³-hybridized carbons (Fsp3) is 0.750. The van der Waals surface area contributed by atoms with Gasteiger partial charge in [0.15, 0.2) is 9.84 Å². The monoisotopic (exact) mass is 448 g/mol. The van der Waals surface area contributed by atoms with Crippen LogP contribution in [0, 0.1) is 0 Å². The highest BCUT2D eigenvalue weighted by molar-refractivity contribution is 7.92. The average Bonchev–Trinajstić information content (AvgIpc) is 2.74. The van der Waals surface area contributed by atoms with Crippen LogP contribution in [0.3, 0.4) is 0 Å². The van der Waals surface area contributed by atoms with Crippen molar-refractivity contribution in [1.29, 1.82) is 0 Å². The fourth-order valence-electron chi connectivity index (χ4n) is 5.47. The minimum Gasteiger partial charge on any atom is -0.462 e. The lowest BCUT2D eigenvalue weighted by molar-refractivity contribution is -0.231. The van der Waals surface area contributed by atoms with E-state index in [1.165, 1.54) is 19.3 Å². The maximum absolute atomic E-state index is 12.5. The molecule has 1 aromatic rings. The number of nitrogens with zero attached hydrogens (tertiary/aromatic N) is 2. The molecule has 31 heavy (non-hydrogen) atoms. The second-order valence-corrected chi connectivity index (χ2v) is 12.8. The zero-order valence-corrected chi connectivity index (χ0v) is 19.7. The van der Waals surface area contributed by atoms with E-state index in [1.54, 1.807) is 13.8 Å². The highest BCUT2D eigenvalue weighted by Crippen LogP contribution is 2.40. The first-order chi connectivity index (χ1) is 14.9. The van der Waals surface area contributed by atoms with Gasteiger partial charge in [0.2, 0.25) is 5.79 Å². The second kappa shape index (κ2) is 8.23. The van der Waals surface area contributed by atoms with Gasteiger partial charge in [0, 0.05) is 56.3 Å². The van der Waals surface area contributed by atoms with E-state index < -0.39 is 15.6 Å². The molecule has 0 amide bonds. The zero-order valence-electron chi connectivity index (χ0n) is 18.9. The molecule has 3 aliphatic heterocycles. The van der Waals surface area contributed by atoms with Gasteiger partial charge >= 0.3 is 0 Å². The molecular weight excluding hydrogens is 412 g/mol. The Morgan fingerprint density at radius 1 is 1.03 bits per heavy atom. The smallest absolute Gasteiger partial charge is 0.213 e. The highest BCUT2D eigenvalue weighted by atomic mass is 32.2. The Balaban J connectivity index is 1.21. The molecule has 3 heterocycles. The highest BCUT2D eigenvalue weighted by Gasteiger charge is 2.43. The third-order valence-electron chi connectivity index (χ3n) is 7.91. The Labute approximate surface area is 186 Å². The molecule has 7 heteroatoms. The molecule has 0 N–H and O–H groups in total. The Hall–Kier alpha value is -1.31. The summed E-state index contributed by atoms with van der Waals surface area (Å²) in [5, 5.41) is -0.506. The van der Waals surface area contributed by atoms with Crippen LogP contribution in [0.5, 0.6) is 5.75 Å². The van der Waals surface area contributed by atoms with Crippen molar-refractivity contribution >= 4 is 15.5 Å². The van der Waals surface area contributed by atoms with E-state index in [-0.39, 0.29) is 10.5 Å². The Bertz CT molecular complexity index is 896. The standard InChI is InChI=1S/C24H36N2O4S/c1-18(2)31(27,28)22-8-12-25(13-9-22)21-6-7-23-19(16-21)17-29-24(30-23)10-14-26(15-11-24)20-4-3-5-20/h6-7,16,18,20,22H,3-5,8-15,17H2,1-2H3. The van der Waals surface area contributed by atoms with Crippen LogP contribution < -0.4 is 9.64 Å². The van der Waals surface area contributed by atoms with Crippen LogP contribution in [-0.4, -0.2) is 61.8 Å². The maximum atomic E-state index is 12.5. The van der Waals surface area contributed by atoms with Crippen molar-refractivity contribution in [1.82, 2.24) is 4.90 Å². The van der Waals surface area contributed by atoms with Gasteiger partial charge in [-0.25, -0.2) is 8.42 Å². The largest absolute Gasteiger partial charge is 0.462 e. The second-order valence-electron chi connectivity index (χ2n) is 10.0. The molecule has 0 radical (unpaired) electrons.